The largest absolute Gasteiger partial charge is 0.481 e. The SMILES string of the molecule is CCCc1nc(Cl)c2n1CCCC2C(=O)O. The van der Waals surface area contributed by atoms with Gasteiger partial charge in [0.15, 0.2) is 5.15 Å². The quantitative estimate of drug-likeness (QED) is 0.886. The molecule has 0 spiro atoms. The molecule has 1 aromatic heterocycles. The van der Waals surface area contributed by atoms with Crippen LogP contribution < -0.4 is 0 Å². The van der Waals surface area contributed by atoms with E-state index >= 15 is 0 Å². The minimum atomic E-state index is -0.800. The predicted octanol–water partition coefficient (Wildman–Crippen LogP) is 2.45. The third kappa shape index (κ3) is 1.82. The molecule has 5 heteroatoms. The van der Waals surface area contributed by atoms with Crippen molar-refractivity contribution in [3.8, 4) is 0 Å². The number of carboxylic acids is 1. The third-order valence-corrected chi connectivity index (χ3v) is 3.30. The highest BCUT2D eigenvalue weighted by atomic mass is 35.5. The summed E-state index contributed by atoms with van der Waals surface area (Å²) in [5.41, 5.74) is 0.698. The van der Waals surface area contributed by atoms with Gasteiger partial charge < -0.3 is 9.67 Å². The van der Waals surface area contributed by atoms with Crippen LogP contribution in [-0.4, -0.2) is 20.6 Å². The molecule has 1 N–H and O–H groups in total. The second-order valence-electron chi connectivity index (χ2n) is 4.14. The van der Waals surface area contributed by atoms with Crippen molar-refractivity contribution >= 4 is 17.6 Å². The van der Waals surface area contributed by atoms with Crippen molar-refractivity contribution in [1.82, 2.24) is 9.55 Å². The number of rotatable bonds is 3. The Morgan fingerprint density at radius 3 is 3.06 bits per heavy atom. The molecule has 0 radical (unpaired) electrons. The Bertz CT molecular complexity index is 414. The molecule has 0 aliphatic carbocycles. The molecule has 1 atom stereocenters. The molecule has 0 amide bonds. The monoisotopic (exact) mass is 242 g/mol. The zero-order valence-corrected chi connectivity index (χ0v) is 10.00. The topological polar surface area (TPSA) is 55.1 Å². The summed E-state index contributed by atoms with van der Waals surface area (Å²) in [7, 11) is 0. The molecule has 2 rings (SSSR count). The van der Waals surface area contributed by atoms with Crippen molar-refractivity contribution in [1.29, 1.82) is 0 Å². The molecule has 0 aromatic carbocycles. The Labute approximate surface area is 99.2 Å². The van der Waals surface area contributed by atoms with Gasteiger partial charge in [-0.3, -0.25) is 4.79 Å². The van der Waals surface area contributed by atoms with Crippen molar-refractivity contribution < 1.29 is 9.90 Å². The second-order valence-corrected chi connectivity index (χ2v) is 4.50. The highest BCUT2D eigenvalue weighted by Gasteiger charge is 2.31. The number of aliphatic carboxylic acids is 1. The van der Waals surface area contributed by atoms with E-state index in [1.807, 2.05) is 4.57 Å². The van der Waals surface area contributed by atoms with Gasteiger partial charge in [-0.15, -0.1) is 0 Å². The summed E-state index contributed by atoms with van der Waals surface area (Å²) in [6.45, 7) is 2.92. The van der Waals surface area contributed by atoms with Gasteiger partial charge >= 0.3 is 5.97 Å². The predicted molar refractivity (Wildman–Crippen MR) is 60.8 cm³/mol. The molecule has 1 unspecified atom stereocenters. The zero-order valence-electron chi connectivity index (χ0n) is 9.24. The van der Waals surface area contributed by atoms with Crippen molar-refractivity contribution in [3.05, 3.63) is 16.7 Å². The minimum absolute atomic E-state index is 0.371. The van der Waals surface area contributed by atoms with Crippen LogP contribution in [0.4, 0.5) is 0 Å². The van der Waals surface area contributed by atoms with Gasteiger partial charge in [0, 0.05) is 13.0 Å². The van der Waals surface area contributed by atoms with Gasteiger partial charge in [0.1, 0.15) is 11.7 Å². The fourth-order valence-electron chi connectivity index (χ4n) is 2.31. The molecule has 2 heterocycles. The Balaban J connectivity index is 2.44. The minimum Gasteiger partial charge on any atom is -0.481 e. The number of imidazole rings is 1. The molecule has 1 aliphatic heterocycles. The third-order valence-electron chi connectivity index (χ3n) is 3.02. The molecule has 0 saturated heterocycles. The summed E-state index contributed by atoms with van der Waals surface area (Å²) in [4.78, 5) is 15.4. The number of hydrogen-bond donors (Lipinski definition) is 1. The highest BCUT2D eigenvalue weighted by Crippen LogP contribution is 2.34. The molecule has 0 bridgehead atoms. The van der Waals surface area contributed by atoms with Crippen LogP contribution in [0, 0.1) is 0 Å². The number of aryl methyl sites for hydroxylation is 1. The number of carboxylic acid groups (broad SMARTS) is 1. The van der Waals surface area contributed by atoms with Crippen molar-refractivity contribution in [2.24, 2.45) is 0 Å². The second kappa shape index (κ2) is 4.45. The molecular formula is C11H15ClN2O2. The Kier molecular flexibility index (Phi) is 3.19. The lowest BCUT2D eigenvalue weighted by molar-refractivity contribution is -0.139. The first kappa shape index (κ1) is 11.5. The van der Waals surface area contributed by atoms with E-state index in [0.717, 1.165) is 31.6 Å². The molecule has 1 aliphatic rings. The first-order chi connectivity index (χ1) is 7.65. The number of hydrogen-bond acceptors (Lipinski definition) is 2. The van der Waals surface area contributed by atoms with E-state index in [9.17, 15) is 4.79 Å². The number of carbonyl (C=O) groups is 1. The van der Waals surface area contributed by atoms with E-state index in [2.05, 4.69) is 11.9 Å². The van der Waals surface area contributed by atoms with E-state index in [4.69, 9.17) is 16.7 Å². The van der Waals surface area contributed by atoms with Crippen LogP contribution in [0.15, 0.2) is 0 Å². The fraction of sp³-hybridized carbons (Fsp3) is 0.636. The van der Waals surface area contributed by atoms with Crippen LogP contribution in [0.2, 0.25) is 5.15 Å². The average Bonchev–Trinajstić information content (AvgIpc) is 2.57. The van der Waals surface area contributed by atoms with Crippen LogP contribution in [0.3, 0.4) is 0 Å². The van der Waals surface area contributed by atoms with E-state index in [1.165, 1.54) is 0 Å². The number of nitrogens with zero attached hydrogens (tertiary/aromatic N) is 2. The summed E-state index contributed by atoms with van der Waals surface area (Å²) in [5, 5.41) is 9.52. The molecule has 88 valence electrons. The summed E-state index contributed by atoms with van der Waals surface area (Å²) in [6, 6.07) is 0. The first-order valence-electron chi connectivity index (χ1n) is 5.62. The maximum Gasteiger partial charge on any atom is 0.312 e. The van der Waals surface area contributed by atoms with Gasteiger partial charge in [0.2, 0.25) is 0 Å². The van der Waals surface area contributed by atoms with Crippen molar-refractivity contribution in [2.75, 3.05) is 0 Å². The van der Waals surface area contributed by atoms with E-state index in [1.54, 1.807) is 0 Å². The van der Waals surface area contributed by atoms with E-state index in [-0.39, 0.29) is 0 Å². The summed E-state index contributed by atoms with van der Waals surface area (Å²) >= 11 is 6.04. The van der Waals surface area contributed by atoms with Gasteiger partial charge in [-0.1, -0.05) is 18.5 Å². The number of fused-ring (bicyclic) bond motifs is 1. The highest BCUT2D eigenvalue weighted by molar-refractivity contribution is 6.30. The summed E-state index contributed by atoms with van der Waals surface area (Å²) in [5.74, 6) is -0.362. The lowest BCUT2D eigenvalue weighted by Gasteiger charge is -2.22. The van der Waals surface area contributed by atoms with Gasteiger partial charge in [-0.2, -0.15) is 0 Å². The van der Waals surface area contributed by atoms with Gasteiger partial charge in [-0.05, 0) is 19.3 Å². The standard InChI is InChI=1S/C11H15ClN2O2/c1-2-4-8-13-10(12)9-7(11(15)16)5-3-6-14(8)9/h7H,2-6H2,1H3,(H,15,16). The van der Waals surface area contributed by atoms with E-state index in [0.29, 0.717) is 17.3 Å². The molecule has 16 heavy (non-hydrogen) atoms. The lowest BCUT2D eigenvalue weighted by Crippen LogP contribution is -2.22. The number of halogens is 1. The first-order valence-corrected chi connectivity index (χ1v) is 6.00. The summed E-state index contributed by atoms with van der Waals surface area (Å²) in [6.07, 6.45) is 3.39. The van der Waals surface area contributed by atoms with Gasteiger partial charge in [0.25, 0.3) is 0 Å². The average molecular weight is 243 g/mol. The van der Waals surface area contributed by atoms with Crippen LogP contribution in [0.25, 0.3) is 0 Å². The van der Waals surface area contributed by atoms with Crippen LogP contribution in [-0.2, 0) is 17.8 Å². The maximum absolute atomic E-state index is 11.1. The molecular weight excluding hydrogens is 228 g/mol. The Hall–Kier alpha value is -1.03. The van der Waals surface area contributed by atoms with Crippen LogP contribution >= 0.6 is 11.6 Å². The zero-order chi connectivity index (χ0) is 11.7. The van der Waals surface area contributed by atoms with Crippen LogP contribution in [0.5, 0.6) is 0 Å². The van der Waals surface area contributed by atoms with Crippen molar-refractivity contribution in [2.45, 2.75) is 45.1 Å². The van der Waals surface area contributed by atoms with Gasteiger partial charge in [0.05, 0.1) is 5.69 Å². The molecule has 1 aromatic rings. The normalized spacial score (nSPS) is 19.5. The smallest absolute Gasteiger partial charge is 0.312 e. The Morgan fingerprint density at radius 1 is 1.69 bits per heavy atom. The fourth-order valence-corrected chi connectivity index (χ4v) is 2.64. The lowest BCUT2D eigenvalue weighted by atomic mass is 9.96. The van der Waals surface area contributed by atoms with Gasteiger partial charge in [-0.25, -0.2) is 4.98 Å². The Morgan fingerprint density at radius 2 is 2.44 bits per heavy atom. The van der Waals surface area contributed by atoms with E-state index < -0.39 is 11.9 Å². The number of aromatic nitrogens is 2. The summed E-state index contributed by atoms with van der Waals surface area (Å²) < 4.78 is 1.99. The molecule has 0 saturated carbocycles. The molecule has 0 fully saturated rings. The van der Waals surface area contributed by atoms with Crippen LogP contribution in [0.1, 0.15) is 43.6 Å². The van der Waals surface area contributed by atoms with Crippen molar-refractivity contribution in [3.63, 3.8) is 0 Å². The molecule has 4 nitrogen and oxygen atoms in total. The maximum atomic E-state index is 11.1.